The average Bonchev–Trinajstić information content (AvgIpc) is 3.51. The van der Waals surface area contributed by atoms with E-state index in [1.54, 1.807) is 18.9 Å². The lowest BCUT2D eigenvalue weighted by Crippen LogP contribution is -2.41. The molecule has 3 rings (SSSR count). The molecule has 0 saturated carbocycles. The van der Waals surface area contributed by atoms with Crippen molar-refractivity contribution < 1.29 is 19.4 Å². The molecule has 0 aromatic heterocycles. The summed E-state index contributed by atoms with van der Waals surface area (Å²) in [6.45, 7) is 19.7. The standard InChI is InChI=1S/C30H42N2O4S2.C6H14S.C4H10.C2H6/c1-5-6-14-38-24-17-23(20-36-3)32(19-24)18-22-11-12-26(27(16-22)25-10-8-7-9-21(25)2)29(33)31-28(30(34)35)13-15-37-4;1-4-5-6(2)7-3;1-3-4-2;1-2/h7-12,16,23-24,28H,5-6,13-15,17-20H2,1-4H3,(H,31,33)(H,34,35);6H,4-5H2,1-3H3;3-4H2,1-2H3;1-2H3. The van der Waals surface area contributed by atoms with Crippen molar-refractivity contribution >= 4 is 47.2 Å². The molecule has 51 heavy (non-hydrogen) atoms. The predicted molar refractivity (Wildman–Crippen MR) is 230 cm³/mol. The SMILES string of the molecule is CC.CCCC.CCCC(C)SC.CCCCSC1CC(COC)N(Cc2ccc(C(=O)NC(CCSC)C(=O)O)c(-c3ccccc3C)c2)C1. The van der Waals surface area contributed by atoms with Gasteiger partial charge in [-0.05, 0) is 91.0 Å². The van der Waals surface area contributed by atoms with E-state index in [0.717, 1.165) is 47.0 Å². The maximum Gasteiger partial charge on any atom is 0.326 e. The third-order valence-corrected chi connectivity index (χ3v) is 11.7. The Morgan fingerprint density at radius 2 is 1.65 bits per heavy atom. The van der Waals surface area contributed by atoms with Gasteiger partial charge in [0.05, 0.1) is 6.61 Å². The van der Waals surface area contributed by atoms with Crippen molar-refractivity contribution in [2.75, 3.05) is 44.3 Å². The van der Waals surface area contributed by atoms with Crippen LogP contribution in [0.2, 0.25) is 0 Å². The Hall–Kier alpha value is -1.65. The van der Waals surface area contributed by atoms with Gasteiger partial charge in [-0.3, -0.25) is 9.69 Å². The first-order valence-electron chi connectivity index (χ1n) is 19.2. The van der Waals surface area contributed by atoms with Gasteiger partial charge in [-0.15, -0.1) is 0 Å². The van der Waals surface area contributed by atoms with Crippen LogP contribution in [0.4, 0.5) is 0 Å². The number of ether oxygens (including phenoxy) is 1. The molecule has 2 N–H and O–H groups in total. The number of methoxy groups -OCH3 is 1. The van der Waals surface area contributed by atoms with E-state index in [-0.39, 0.29) is 5.91 Å². The topological polar surface area (TPSA) is 78.9 Å². The van der Waals surface area contributed by atoms with Crippen LogP contribution in [0.15, 0.2) is 42.5 Å². The number of nitrogens with one attached hydrogen (secondary N) is 1. The van der Waals surface area contributed by atoms with Crippen LogP contribution in [0.5, 0.6) is 0 Å². The number of rotatable bonds is 19. The van der Waals surface area contributed by atoms with Crippen LogP contribution in [0.1, 0.15) is 121 Å². The highest BCUT2D eigenvalue weighted by molar-refractivity contribution is 8.00. The third kappa shape index (κ3) is 19.8. The molecule has 0 radical (unpaired) electrons. The summed E-state index contributed by atoms with van der Waals surface area (Å²) in [4.78, 5) is 27.7. The van der Waals surface area contributed by atoms with Crippen molar-refractivity contribution in [1.29, 1.82) is 0 Å². The number of likely N-dealkylation sites (tertiary alicyclic amines) is 1. The number of hydrogen-bond donors (Lipinski definition) is 2. The zero-order valence-electron chi connectivity index (χ0n) is 33.9. The first-order chi connectivity index (χ1) is 24.6. The van der Waals surface area contributed by atoms with E-state index in [0.29, 0.717) is 35.6 Å². The molecular formula is C42H72N2O4S3. The summed E-state index contributed by atoms with van der Waals surface area (Å²) in [6.07, 6.45) is 13.4. The number of unbranched alkanes of at least 4 members (excludes halogenated alkanes) is 2. The molecule has 1 aliphatic heterocycles. The number of aliphatic carboxylic acids is 1. The molecule has 0 aliphatic carbocycles. The fourth-order valence-corrected chi connectivity index (χ4v) is 7.87. The maximum atomic E-state index is 13.4. The van der Waals surface area contributed by atoms with Gasteiger partial charge in [-0.2, -0.15) is 35.3 Å². The summed E-state index contributed by atoms with van der Waals surface area (Å²) in [6, 6.07) is 13.5. The number of carboxylic acids is 1. The number of carbonyl (C=O) groups excluding carboxylic acids is 1. The second-order valence-electron chi connectivity index (χ2n) is 12.8. The number of aryl methyl sites for hydroxylation is 1. The normalized spacial score (nSPS) is 16.4. The summed E-state index contributed by atoms with van der Waals surface area (Å²) in [5.41, 5.74) is 4.53. The fraction of sp³-hybridized carbons (Fsp3) is 0.667. The average molecular weight is 765 g/mol. The Kier molecular flexibility index (Phi) is 29.8. The lowest BCUT2D eigenvalue weighted by atomic mass is 9.93. The summed E-state index contributed by atoms with van der Waals surface area (Å²) in [5, 5.41) is 13.9. The Labute approximate surface area is 325 Å². The van der Waals surface area contributed by atoms with Crippen molar-refractivity contribution in [3.05, 3.63) is 59.2 Å². The highest BCUT2D eigenvalue weighted by Gasteiger charge is 2.32. The second kappa shape index (κ2) is 30.8. The van der Waals surface area contributed by atoms with Crippen molar-refractivity contribution in [3.63, 3.8) is 0 Å². The molecule has 2 aromatic carbocycles. The van der Waals surface area contributed by atoms with Gasteiger partial charge in [0.25, 0.3) is 5.91 Å². The zero-order valence-corrected chi connectivity index (χ0v) is 36.3. The van der Waals surface area contributed by atoms with Gasteiger partial charge in [-0.25, -0.2) is 4.79 Å². The summed E-state index contributed by atoms with van der Waals surface area (Å²) >= 11 is 5.59. The lowest BCUT2D eigenvalue weighted by Gasteiger charge is -2.24. The minimum Gasteiger partial charge on any atom is -0.480 e. The number of carbonyl (C=O) groups is 2. The second-order valence-corrected chi connectivity index (χ2v) is 16.5. The molecule has 292 valence electrons. The largest absolute Gasteiger partial charge is 0.480 e. The minimum atomic E-state index is -1.01. The molecule has 1 aliphatic rings. The van der Waals surface area contributed by atoms with Gasteiger partial charge in [0.2, 0.25) is 0 Å². The monoisotopic (exact) mass is 764 g/mol. The molecule has 1 amide bonds. The molecule has 2 aromatic rings. The maximum absolute atomic E-state index is 13.4. The van der Waals surface area contributed by atoms with E-state index in [2.05, 4.69) is 68.9 Å². The zero-order chi connectivity index (χ0) is 38.6. The van der Waals surface area contributed by atoms with Crippen molar-refractivity contribution in [2.45, 2.75) is 136 Å². The molecule has 0 bridgehead atoms. The van der Waals surface area contributed by atoms with Crippen LogP contribution in [-0.2, 0) is 16.1 Å². The van der Waals surface area contributed by atoms with E-state index >= 15 is 0 Å². The molecule has 6 nitrogen and oxygen atoms in total. The van der Waals surface area contributed by atoms with Crippen molar-refractivity contribution in [2.24, 2.45) is 0 Å². The highest BCUT2D eigenvalue weighted by atomic mass is 32.2. The number of amides is 1. The van der Waals surface area contributed by atoms with Gasteiger partial charge in [0.1, 0.15) is 6.04 Å². The van der Waals surface area contributed by atoms with Crippen LogP contribution < -0.4 is 5.32 Å². The molecular weight excluding hydrogens is 693 g/mol. The molecule has 0 spiro atoms. The molecule has 9 heteroatoms. The number of nitrogens with zero attached hydrogens (tertiary/aromatic N) is 1. The first-order valence-corrected chi connectivity index (χ1v) is 22.9. The minimum absolute atomic E-state index is 0.353. The number of carboxylic acid groups (broad SMARTS) is 1. The van der Waals surface area contributed by atoms with Crippen LogP contribution >= 0.6 is 35.3 Å². The lowest BCUT2D eigenvalue weighted by molar-refractivity contribution is -0.139. The van der Waals surface area contributed by atoms with Gasteiger partial charge < -0.3 is 15.2 Å². The van der Waals surface area contributed by atoms with E-state index in [9.17, 15) is 14.7 Å². The molecule has 1 saturated heterocycles. The first kappa shape index (κ1) is 49.4. The van der Waals surface area contributed by atoms with Crippen LogP contribution in [-0.4, -0.2) is 88.7 Å². The van der Waals surface area contributed by atoms with Crippen LogP contribution in [0, 0.1) is 6.92 Å². The Bertz CT molecular complexity index is 1200. The predicted octanol–water partition coefficient (Wildman–Crippen LogP) is 11.1. The Balaban J connectivity index is 0.00000165. The quantitative estimate of drug-likeness (QED) is 0.137. The molecule has 4 unspecified atom stereocenters. The van der Waals surface area contributed by atoms with E-state index < -0.39 is 12.0 Å². The Morgan fingerprint density at radius 3 is 2.18 bits per heavy atom. The molecule has 1 heterocycles. The van der Waals surface area contributed by atoms with E-state index in [4.69, 9.17) is 4.74 Å². The fourth-order valence-electron chi connectivity index (χ4n) is 5.49. The van der Waals surface area contributed by atoms with Gasteiger partial charge in [-0.1, -0.05) is 104 Å². The number of thioether (sulfide) groups is 3. The third-order valence-electron chi connectivity index (χ3n) is 8.66. The molecule has 4 atom stereocenters. The van der Waals surface area contributed by atoms with E-state index in [1.165, 1.54) is 44.3 Å². The Morgan fingerprint density at radius 1 is 0.961 bits per heavy atom. The summed E-state index contributed by atoms with van der Waals surface area (Å²) in [5.74, 6) is 0.501. The van der Waals surface area contributed by atoms with Crippen molar-refractivity contribution in [1.82, 2.24) is 10.2 Å². The van der Waals surface area contributed by atoms with Crippen molar-refractivity contribution in [3.8, 4) is 11.1 Å². The van der Waals surface area contributed by atoms with E-state index in [1.807, 2.05) is 75.2 Å². The van der Waals surface area contributed by atoms with Gasteiger partial charge in [0.15, 0.2) is 0 Å². The number of hydrogen-bond acceptors (Lipinski definition) is 7. The van der Waals surface area contributed by atoms with Gasteiger partial charge >= 0.3 is 5.97 Å². The van der Waals surface area contributed by atoms with Gasteiger partial charge in [0, 0.05) is 42.3 Å². The smallest absolute Gasteiger partial charge is 0.326 e. The summed E-state index contributed by atoms with van der Waals surface area (Å²) < 4.78 is 5.56. The van der Waals surface area contributed by atoms with Crippen LogP contribution in [0.3, 0.4) is 0 Å². The molecule has 1 fully saturated rings. The van der Waals surface area contributed by atoms with Crippen LogP contribution in [0.25, 0.3) is 11.1 Å². The highest BCUT2D eigenvalue weighted by Crippen LogP contribution is 2.32. The number of benzene rings is 2. The summed E-state index contributed by atoms with van der Waals surface area (Å²) in [7, 11) is 1.77.